The van der Waals surface area contributed by atoms with Gasteiger partial charge in [0.15, 0.2) is 0 Å². The van der Waals surface area contributed by atoms with Gasteiger partial charge in [-0.1, -0.05) is 0 Å². The number of aryl methyl sites for hydroxylation is 2. The minimum atomic E-state index is -4.46. The van der Waals surface area contributed by atoms with E-state index in [-0.39, 0.29) is 13.0 Å². The van der Waals surface area contributed by atoms with Crippen molar-refractivity contribution in [1.29, 1.82) is 0 Å². The Hall–Kier alpha value is -2.06. The summed E-state index contributed by atoms with van der Waals surface area (Å²) in [7, 11) is 1.64. The summed E-state index contributed by atoms with van der Waals surface area (Å²) < 4.78 is 38.4. The standard InChI is InChI=1S/C12H15F3N4O2/c1-7-3-9(18(2)17-7)16-11(21)8-4-10(20)19(5-8)6-12(13,14)15/h3,8H,4-6H2,1-2H3,(H,16,21)/t8-/m1/s1. The molecule has 0 saturated carbocycles. The third-order valence-electron chi connectivity index (χ3n) is 3.21. The molecule has 116 valence electrons. The van der Waals surface area contributed by atoms with Crippen molar-refractivity contribution in [2.75, 3.05) is 18.4 Å². The Morgan fingerprint density at radius 1 is 1.52 bits per heavy atom. The zero-order valence-corrected chi connectivity index (χ0v) is 11.6. The number of hydrogen-bond acceptors (Lipinski definition) is 3. The van der Waals surface area contributed by atoms with Crippen molar-refractivity contribution in [3.05, 3.63) is 11.8 Å². The lowest BCUT2D eigenvalue weighted by Gasteiger charge is -2.18. The molecule has 0 aromatic carbocycles. The summed E-state index contributed by atoms with van der Waals surface area (Å²) in [4.78, 5) is 24.2. The summed E-state index contributed by atoms with van der Waals surface area (Å²) >= 11 is 0. The summed E-state index contributed by atoms with van der Waals surface area (Å²) in [5, 5.41) is 6.62. The van der Waals surface area contributed by atoms with E-state index in [4.69, 9.17) is 0 Å². The predicted octanol–water partition coefficient (Wildman–Crippen LogP) is 1.08. The van der Waals surface area contributed by atoms with Gasteiger partial charge in [0.05, 0.1) is 11.6 Å². The molecule has 21 heavy (non-hydrogen) atoms. The van der Waals surface area contributed by atoms with Crippen LogP contribution in [0.3, 0.4) is 0 Å². The van der Waals surface area contributed by atoms with Gasteiger partial charge in [0.25, 0.3) is 0 Å². The molecule has 1 aromatic heterocycles. The molecule has 0 bridgehead atoms. The number of anilines is 1. The number of hydrogen-bond donors (Lipinski definition) is 1. The molecule has 1 N–H and O–H groups in total. The first-order valence-electron chi connectivity index (χ1n) is 6.32. The molecular formula is C12H15F3N4O2. The van der Waals surface area contributed by atoms with Crippen molar-refractivity contribution in [1.82, 2.24) is 14.7 Å². The number of nitrogens with one attached hydrogen (secondary N) is 1. The van der Waals surface area contributed by atoms with Crippen molar-refractivity contribution in [3.8, 4) is 0 Å². The topological polar surface area (TPSA) is 67.2 Å². The molecule has 9 heteroatoms. The molecule has 1 aromatic rings. The van der Waals surface area contributed by atoms with Crippen LogP contribution in [0.1, 0.15) is 12.1 Å². The average Bonchev–Trinajstić information content (AvgIpc) is 2.81. The van der Waals surface area contributed by atoms with Gasteiger partial charge in [-0.3, -0.25) is 14.3 Å². The van der Waals surface area contributed by atoms with Gasteiger partial charge >= 0.3 is 6.18 Å². The summed E-state index contributed by atoms with van der Waals surface area (Å²) in [5.41, 5.74) is 0.703. The SMILES string of the molecule is Cc1cc(NC(=O)[C@@H]2CC(=O)N(CC(F)(F)F)C2)n(C)n1. The number of halogens is 3. The van der Waals surface area contributed by atoms with Crippen molar-refractivity contribution in [2.45, 2.75) is 19.5 Å². The van der Waals surface area contributed by atoms with Crippen LogP contribution in [0.5, 0.6) is 0 Å². The molecule has 1 atom stereocenters. The first-order chi connectivity index (χ1) is 9.65. The van der Waals surface area contributed by atoms with E-state index in [0.717, 1.165) is 0 Å². The minimum Gasteiger partial charge on any atom is -0.333 e. The second-order valence-electron chi connectivity index (χ2n) is 5.07. The third-order valence-corrected chi connectivity index (χ3v) is 3.21. The van der Waals surface area contributed by atoms with Crippen LogP contribution in [0.2, 0.25) is 0 Å². The van der Waals surface area contributed by atoms with Crippen LogP contribution in [-0.2, 0) is 16.6 Å². The Bertz CT molecular complexity index is 567. The van der Waals surface area contributed by atoms with Gasteiger partial charge in [-0.15, -0.1) is 0 Å². The minimum absolute atomic E-state index is 0.210. The molecule has 1 aliphatic rings. The van der Waals surface area contributed by atoms with Crippen LogP contribution < -0.4 is 5.32 Å². The molecule has 0 aliphatic carbocycles. The summed E-state index contributed by atoms with van der Waals surface area (Å²) in [6.45, 7) is 0.210. The van der Waals surface area contributed by atoms with Crippen molar-refractivity contribution >= 4 is 17.6 Å². The number of likely N-dealkylation sites (tertiary alicyclic amines) is 1. The number of aromatic nitrogens is 2. The highest BCUT2D eigenvalue weighted by molar-refractivity contribution is 5.96. The predicted molar refractivity (Wildman–Crippen MR) is 67.3 cm³/mol. The van der Waals surface area contributed by atoms with E-state index in [9.17, 15) is 22.8 Å². The highest BCUT2D eigenvalue weighted by Gasteiger charge is 2.40. The second-order valence-corrected chi connectivity index (χ2v) is 5.07. The molecule has 2 amide bonds. The van der Waals surface area contributed by atoms with Crippen LogP contribution in [0.4, 0.5) is 19.0 Å². The van der Waals surface area contributed by atoms with E-state index in [2.05, 4.69) is 10.4 Å². The molecule has 1 aliphatic heterocycles. The quantitative estimate of drug-likeness (QED) is 0.908. The number of amides is 2. The molecule has 0 unspecified atom stereocenters. The molecular weight excluding hydrogens is 289 g/mol. The highest BCUT2D eigenvalue weighted by atomic mass is 19.4. The van der Waals surface area contributed by atoms with Gasteiger partial charge in [0, 0.05) is 26.1 Å². The number of carbonyl (C=O) groups is 2. The van der Waals surface area contributed by atoms with Crippen LogP contribution in [-0.4, -0.2) is 45.8 Å². The Morgan fingerprint density at radius 2 is 2.19 bits per heavy atom. The summed E-state index contributed by atoms with van der Waals surface area (Å²) in [6.07, 6.45) is -4.67. The fraction of sp³-hybridized carbons (Fsp3) is 0.583. The molecule has 1 saturated heterocycles. The Balaban J connectivity index is 1.98. The maximum absolute atomic E-state index is 12.3. The van der Waals surface area contributed by atoms with E-state index in [1.54, 1.807) is 20.0 Å². The van der Waals surface area contributed by atoms with Crippen LogP contribution in [0.25, 0.3) is 0 Å². The lowest BCUT2D eigenvalue weighted by atomic mass is 10.1. The molecule has 2 rings (SSSR count). The molecule has 6 nitrogen and oxygen atoms in total. The first-order valence-corrected chi connectivity index (χ1v) is 6.32. The molecule has 1 fully saturated rings. The lowest BCUT2D eigenvalue weighted by molar-refractivity contribution is -0.157. The van der Waals surface area contributed by atoms with Crippen LogP contribution in [0.15, 0.2) is 6.07 Å². The Morgan fingerprint density at radius 3 is 2.71 bits per heavy atom. The van der Waals surface area contributed by atoms with Gasteiger partial charge < -0.3 is 10.2 Å². The zero-order chi connectivity index (χ0) is 15.8. The van der Waals surface area contributed by atoms with E-state index < -0.39 is 30.5 Å². The maximum Gasteiger partial charge on any atom is 0.406 e. The van der Waals surface area contributed by atoms with Gasteiger partial charge in [0.1, 0.15) is 12.4 Å². The van der Waals surface area contributed by atoms with Crippen LogP contribution >= 0.6 is 0 Å². The van der Waals surface area contributed by atoms with Gasteiger partial charge in [-0.25, -0.2) is 0 Å². The normalized spacial score (nSPS) is 19.2. The number of alkyl halides is 3. The zero-order valence-electron chi connectivity index (χ0n) is 11.6. The number of nitrogens with zero attached hydrogens (tertiary/aromatic N) is 3. The maximum atomic E-state index is 12.3. The Kier molecular flexibility index (Phi) is 3.93. The van der Waals surface area contributed by atoms with Crippen molar-refractivity contribution < 1.29 is 22.8 Å². The summed E-state index contributed by atoms with van der Waals surface area (Å²) in [6, 6.07) is 1.64. The van der Waals surface area contributed by atoms with Crippen molar-refractivity contribution in [3.63, 3.8) is 0 Å². The number of carbonyl (C=O) groups excluding carboxylic acids is 2. The van der Waals surface area contributed by atoms with E-state index >= 15 is 0 Å². The smallest absolute Gasteiger partial charge is 0.333 e. The fourth-order valence-corrected chi connectivity index (χ4v) is 2.27. The number of rotatable bonds is 3. The molecule has 0 radical (unpaired) electrons. The first kappa shape index (κ1) is 15.3. The van der Waals surface area contributed by atoms with Gasteiger partial charge in [-0.05, 0) is 6.92 Å². The fourth-order valence-electron chi connectivity index (χ4n) is 2.27. The van der Waals surface area contributed by atoms with Gasteiger partial charge in [-0.2, -0.15) is 18.3 Å². The Labute approximate surface area is 118 Å². The largest absolute Gasteiger partial charge is 0.406 e. The van der Waals surface area contributed by atoms with Crippen LogP contribution in [0, 0.1) is 12.8 Å². The van der Waals surface area contributed by atoms with Gasteiger partial charge in [0.2, 0.25) is 11.8 Å². The summed E-state index contributed by atoms with van der Waals surface area (Å²) in [5.74, 6) is -1.47. The monoisotopic (exact) mass is 304 g/mol. The second kappa shape index (κ2) is 5.38. The third kappa shape index (κ3) is 3.73. The lowest BCUT2D eigenvalue weighted by Crippen LogP contribution is -2.36. The average molecular weight is 304 g/mol. The highest BCUT2D eigenvalue weighted by Crippen LogP contribution is 2.24. The van der Waals surface area contributed by atoms with Crippen molar-refractivity contribution in [2.24, 2.45) is 13.0 Å². The molecule has 2 heterocycles. The van der Waals surface area contributed by atoms with E-state index in [1.807, 2.05) is 0 Å². The van der Waals surface area contributed by atoms with E-state index in [0.29, 0.717) is 16.4 Å². The molecule has 0 spiro atoms. The van der Waals surface area contributed by atoms with E-state index in [1.165, 1.54) is 4.68 Å².